The monoisotopic (exact) mass is 361 g/mol. The summed E-state index contributed by atoms with van der Waals surface area (Å²) in [5, 5.41) is 0. The normalized spacial score (nSPS) is 11.2. The summed E-state index contributed by atoms with van der Waals surface area (Å²) in [4.78, 5) is 11.8. The summed E-state index contributed by atoms with van der Waals surface area (Å²) in [5.41, 5.74) is 2.49. The number of anilines is 1. The van der Waals surface area contributed by atoms with E-state index in [2.05, 4.69) is 16.4 Å². The first-order valence-electron chi connectivity index (χ1n) is 8.18. The fourth-order valence-corrected chi connectivity index (χ4v) is 3.52. The lowest BCUT2D eigenvalue weighted by Crippen LogP contribution is -2.14. The number of rotatable bonds is 7. The zero-order valence-corrected chi connectivity index (χ0v) is 15.5. The van der Waals surface area contributed by atoms with E-state index in [0.29, 0.717) is 11.3 Å². The summed E-state index contributed by atoms with van der Waals surface area (Å²) >= 11 is 0. The van der Waals surface area contributed by atoms with Gasteiger partial charge in [0.15, 0.2) is 0 Å². The lowest BCUT2D eigenvalue weighted by Gasteiger charge is -2.12. The van der Waals surface area contributed by atoms with Gasteiger partial charge in [-0.25, -0.2) is 13.2 Å². The molecule has 6 heteroatoms. The van der Waals surface area contributed by atoms with E-state index in [9.17, 15) is 13.2 Å². The molecule has 0 saturated heterocycles. The highest BCUT2D eigenvalue weighted by Gasteiger charge is 2.17. The Labute approximate surface area is 149 Å². The van der Waals surface area contributed by atoms with Crippen molar-refractivity contribution in [2.24, 2.45) is 0 Å². The molecule has 0 saturated carbocycles. The van der Waals surface area contributed by atoms with Gasteiger partial charge in [0.05, 0.1) is 23.3 Å². The van der Waals surface area contributed by atoms with Crippen molar-refractivity contribution < 1.29 is 17.9 Å². The van der Waals surface area contributed by atoms with Crippen molar-refractivity contribution in [3.63, 3.8) is 0 Å². The summed E-state index contributed by atoms with van der Waals surface area (Å²) in [5.74, 6) is -0.513. The van der Waals surface area contributed by atoms with Crippen LogP contribution in [-0.4, -0.2) is 21.5 Å². The maximum atomic E-state index is 12.6. The van der Waals surface area contributed by atoms with Gasteiger partial charge >= 0.3 is 5.97 Å². The molecule has 2 aromatic rings. The highest BCUT2D eigenvalue weighted by atomic mass is 32.2. The van der Waals surface area contributed by atoms with E-state index in [1.807, 2.05) is 12.1 Å². The molecule has 0 aliphatic carbocycles. The van der Waals surface area contributed by atoms with Gasteiger partial charge in [0.25, 0.3) is 10.0 Å². The van der Waals surface area contributed by atoms with Crippen molar-refractivity contribution in [2.45, 2.75) is 38.0 Å². The third-order valence-corrected chi connectivity index (χ3v) is 5.34. The molecule has 25 heavy (non-hydrogen) atoms. The summed E-state index contributed by atoms with van der Waals surface area (Å²) in [6.45, 7) is 3.89. The maximum absolute atomic E-state index is 12.6. The van der Waals surface area contributed by atoms with Crippen LogP contribution in [0.2, 0.25) is 0 Å². The number of unbranched alkanes of at least 4 members (excludes halogenated alkanes) is 1. The second kappa shape index (κ2) is 8.16. The van der Waals surface area contributed by atoms with Crippen LogP contribution in [-0.2, 0) is 21.2 Å². The lowest BCUT2D eigenvalue weighted by atomic mass is 10.1. The Bertz CT molecular complexity index is 842. The van der Waals surface area contributed by atoms with Crippen LogP contribution in [0.1, 0.15) is 41.3 Å². The molecule has 0 radical (unpaired) electrons. The minimum atomic E-state index is -3.72. The van der Waals surface area contributed by atoms with E-state index in [0.717, 1.165) is 30.4 Å². The van der Waals surface area contributed by atoms with Crippen molar-refractivity contribution in [1.29, 1.82) is 0 Å². The Morgan fingerprint density at radius 2 is 1.80 bits per heavy atom. The number of hydrogen-bond acceptors (Lipinski definition) is 4. The first kappa shape index (κ1) is 19.0. The Kier molecular flexibility index (Phi) is 6.20. The Balaban J connectivity index is 2.25. The molecule has 0 amide bonds. The van der Waals surface area contributed by atoms with Gasteiger partial charge < -0.3 is 4.74 Å². The number of carbonyl (C=O) groups is 1. The molecule has 0 bridgehead atoms. The Morgan fingerprint density at radius 3 is 2.40 bits per heavy atom. The lowest BCUT2D eigenvalue weighted by molar-refractivity contribution is 0.0601. The summed E-state index contributed by atoms with van der Waals surface area (Å²) in [7, 11) is -2.44. The van der Waals surface area contributed by atoms with Gasteiger partial charge in [0, 0.05) is 0 Å². The molecule has 2 rings (SSSR count). The van der Waals surface area contributed by atoms with E-state index in [-0.39, 0.29) is 4.90 Å². The molecule has 0 spiro atoms. The number of ether oxygens (including phenoxy) is 1. The highest BCUT2D eigenvalue weighted by molar-refractivity contribution is 7.92. The topological polar surface area (TPSA) is 72.5 Å². The average molecular weight is 361 g/mol. The number of methoxy groups -OCH3 is 1. The van der Waals surface area contributed by atoms with Gasteiger partial charge in [-0.2, -0.15) is 0 Å². The number of hydrogen-bond donors (Lipinski definition) is 1. The Morgan fingerprint density at radius 1 is 1.12 bits per heavy atom. The van der Waals surface area contributed by atoms with Crippen molar-refractivity contribution in [1.82, 2.24) is 0 Å². The van der Waals surface area contributed by atoms with Crippen molar-refractivity contribution in [3.8, 4) is 0 Å². The zero-order chi connectivity index (χ0) is 18.4. The van der Waals surface area contributed by atoms with E-state index >= 15 is 0 Å². The number of nitrogens with one attached hydrogen (secondary N) is 1. The molecule has 0 fully saturated rings. The van der Waals surface area contributed by atoms with Gasteiger partial charge in [0.1, 0.15) is 0 Å². The fraction of sp³-hybridized carbons (Fsp3) is 0.316. The van der Waals surface area contributed by atoms with Gasteiger partial charge in [-0.05, 0) is 55.2 Å². The van der Waals surface area contributed by atoms with Crippen molar-refractivity contribution in [3.05, 3.63) is 59.2 Å². The molecule has 0 heterocycles. The van der Waals surface area contributed by atoms with Crippen LogP contribution in [0.4, 0.5) is 5.69 Å². The summed E-state index contributed by atoms with van der Waals surface area (Å²) in [6, 6.07) is 11.6. The van der Waals surface area contributed by atoms with Crippen LogP contribution in [0, 0.1) is 6.92 Å². The molecular weight excluding hydrogens is 338 g/mol. The first-order valence-corrected chi connectivity index (χ1v) is 9.66. The van der Waals surface area contributed by atoms with Crippen LogP contribution in [0.25, 0.3) is 0 Å². The van der Waals surface area contributed by atoms with E-state index in [1.165, 1.54) is 13.2 Å². The first-order chi connectivity index (χ1) is 11.9. The standard InChI is InChI=1S/C19H23NO4S/c1-4-5-6-15-8-11-17(12-9-15)25(22,23)20-18-13-16(19(21)24-3)10-7-14(18)2/h7-13,20H,4-6H2,1-3H3. The third-order valence-electron chi connectivity index (χ3n) is 3.96. The van der Waals surface area contributed by atoms with Crippen LogP contribution in [0.15, 0.2) is 47.4 Å². The molecule has 5 nitrogen and oxygen atoms in total. The zero-order valence-electron chi connectivity index (χ0n) is 14.7. The van der Waals surface area contributed by atoms with Gasteiger partial charge in [-0.3, -0.25) is 4.72 Å². The molecule has 1 N–H and O–H groups in total. The smallest absolute Gasteiger partial charge is 0.337 e. The van der Waals surface area contributed by atoms with E-state index < -0.39 is 16.0 Å². The van der Waals surface area contributed by atoms with Crippen LogP contribution in [0.5, 0.6) is 0 Å². The number of carbonyl (C=O) groups excluding carboxylic acids is 1. The maximum Gasteiger partial charge on any atom is 0.337 e. The largest absolute Gasteiger partial charge is 0.465 e. The molecular formula is C19H23NO4S. The SMILES string of the molecule is CCCCc1ccc(S(=O)(=O)Nc2cc(C(=O)OC)ccc2C)cc1. The second-order valence-electron chi connectivity index (χ2n) is 5.87. The molecule has 0 aromatic heterocycles. The van der Waals surface area contributed by atoms with Crippen molar-refractivity contribution >= 4 is 21.7 Å². The molecule has 0 atom stereocenters. The second-order valence-corrected chi connectivity index (χ2v) is 7.56. The number of esters is 1. The van der Waals surface area contributed by atoms with Crippen LogP contribution >= 0.6 is 0 Å². The molecule has 0 aliphatic heterocycles. The van der Waals surface area contributed by atoms with Gasteiger partial charge in [-0.1, -0.05) is 31.5 Å². The number of benzene rings is 2. The minimum Gasteiger partial charge on any atom is -0.465 e. The molecule has 2 aromatic carbocycles. The average Bonchev–Trinajstić information content (AvgIpc) is 2.61. The summed E-state index contributed by atoms with van der Waals surface area (Å²) in [6.07, 6.45) is 3.10. The Hall–Kier alpha value is -2.34. The predicted octanol–water partition coefficient (Wildman–Crippen LogP) is 3.93. The van der Waals surface area contributed by atoms with Crippen molar-refractivity contribution in [2.75, 3.05) is 11.8 Å². The predicted molar refractivity (Wildman–Crippen MR) is 98.4 cm³/mol. The van der Waals surface area contributed by atoms with E-state index in [1.54, 1.807) is 31.2 Å². The van der Waals surface area contributed by atoms with Gasteiger partial charge in [0.2, 0.25) is 0 Å². The molecule has 0 aliphatic rings. The number of aryl methyl sites for hydroxylation is 2. The molecule has 0 unspecified atom stereocenters. The quantitative estimate of drug-likeness (QED) is 0.759. The third kappa shape index (κ3) is 4.82. The summed E-state index contributed by atoms with van der Waals surface area (Å²) < 4.78 is 32.4. The minimum absolute atomic E-state index is 0.190. The highest BCUT2D eigenvalue weighted by Crippen LogP contribution is 2.22. The van der Waals surface area contributed by atoms with E-state index in [4.69, 9.17) is 0 Å². The number of sulfonamides is 1. The van der Waals surface area contributed by atoms with Gasteiger partial charge in [-0.15, -0.1) is 0 Å². The van der Waals surface area contributed by atoms with Crippen LogP contribution < -0.4 is 4.72 Å². The van der Waals surface area contributed by atoms with Crippen LogP contribution in [0.3, 0.4) is 0 Å². The molecule has 134 valence electrons. The fourth-order valence-electron chi connectivity index (χ4n) is 2.40.